The second kappa shape index (κ2) is 6.20. The number of anilines is 1. The summed E-state index contributed by atoms with van der Waals surface area (Å²) in [4.78, 5) is 24.2. The van der Waals surface area contributed by atoms with Gasteiger partial charge < -0.3 is 14.5 Å². The molecule has 0 bridgehead atoms. The molecule has 1 aromatic heterocycles. The fourth-order valence-corrected chi connectivity index (χ4v) is 3.73. The first-order valence-corrected chi connectivity index (χ1v) is 7.91. The van der Waals surface area contributed by atoms with Gasteiger partial charge in [0.25, 0.3) is 0 Å². The third-order valence-corrected chi connectivity index (χ3v) is 4.99. The molecular weight excluding hydrogens is 280 g/mol. The molecule has 3 rings (SSSR count). The number of amides is 1. The maximum Gasteiger partial charge on any atom is 0.248 e. The van der Waals surface area contributed by atoms with Crippen molar-refractivity contribution < 1.29 is 9.53 Å². The van der Waals surface area contributed by atoms with Gasteiger partial charge in [-0.1, -0.05) is 6.42 Å². The van der Waals surface area contributed by atoms with Gasteiger partial charge in [-0.15, -0.1) is 0 Å². The number of ether oxygens (including phenoxy) is 1. The molecule has 0 spiro atoms. The molecule has 0 radical (unpaired) electrons. The Bertz CT molecular complexity index is 522. The first-order chi connectivity index (χ1) is 10.6. The summed E-state index contributed by atoms with van der Waals surface area (Å²) in [5, 5.41) is 0. The summed E-state index contributed by atoms with van der Waals surface area (Å²) in [6.07, 6.45) is 7.22. The van der Waals surface area contributed by atoms with E-state index in [1.807, 2.05) is 6.07 Å². The number of hydrogen-bond donors (Lipinski definition) is 0. The third-order valence-electron chi connectivity index (χ3n) is 4.99. The monoisotopic (exact) mass is 304 g/mol. The fourth-order valence-electron chi connectivity index (χ4n) is 3.73. The Labute approximate surface area is 131 Å². The van der Waals surface area contributed by atoms with Crippen molar-refractivity contribution in [2.75, 3.05) is 45.3 Å². The average molecular weight is 304 g/mol. The summed E-state index contributed by atoms with van der Waals surface area (Å²) in [6, 6.07) is 1.84. The molecule has 1 saturated carbocycles. The van der Waals surface area contributed by atoms with Gasteiger partial charge in [0.2, 0.25) is 11.9 Å². The van der Waals surface area contributed by atoms with E-state index < -0.39 is 0 Å². The normalized spacial score (nSPS) is 27.0. The van der Waals surface area contributed by atoms with E-state index in [9.17, 15) is 4.79 Å². The molecular formula is C16H24N4O2. The van der Waals surface area contributed by atoms with Crippen LogP contribution in [-0.4, -0.2) is 61.2 Å². The van der Waals surface area contributed by atoms with Gasteiger partial charge in [-0.25, -0.2) is 9.97 Å². The molecule has 2 aliphatic rings. The van der Waals surface area contributed by atoms with E-state index in [1.54, 1.807) is 31.4 Å². The summed E-state index contributed by atoms with van der Waals surface area (Å²) in [5.74, 6) is 1.44. The Balaban J connectivity index is 1.63. The minimum atomic E-state index is 0.0205. The van der Waals surface area contributed by atoms with Gasteiger partial charge in [0.15, 0.2) is 0 Å². The third kappa shape index (κ3) is 2.92. The second-order valence-corrected chi connectivity index (χ2v) is 6.66. The molecule has 2 heterocycles. The Morgan fingerprint density at radius 3 is 2.95 bits per heavy atom. The van der Waals surface area contributed by atoms with E-state index >= 15 is 0 Å². The Kier molecular flexibility index (Phi) is 4.29. The number of aromatic nitrogens is 2. The number of nitrogens with zero attached hydrogens (tertiary/aromatic N) is 4. The number of likely N-dealkylation sites (N-methyl/N-ethyl adjacent to an activating group) is 1. The zero-order valence-electron chi connectivity index (χ0n) is 13.4. The summed E-state index contributed by atoms with van der Waals surface area (Å²) in [5.41, 5.74) is 0.159. The van der Waals surface area contributed by atoms with Crippen LogP contribution in [0.3, 0.4) is 0 Å². The molecule has 2 atom stereocenters. The number of rotatable bonds is 5. The maximum atomic E-state index is 11.7. The van der Waals surface area contributed by atoms with Gasteiger partial charge in [-0.3, -0.25) is 4.79 Å². The number of carbonyl (C=O) groups is 1. The summed E-state index contributed by atoms with van der Waals surface area (Å²) in [6.45, 7) is 2.75. The Hall–Kier alpha value is -1.69. The van der Waals surface area contributed by atoms with Crippen LogP contribution in [0.2, 0.25) is 0 Å². The van der Waals surface area contributed by atoms with Crippen molar-refractivity contribution in [1.29, 1.82) is 0 Å². The van der Waals surface area contributed by atoms with Crippen molar-refractivity contribution in [3.63, 3.8) is 0 Å². The van der Waals surface area contributed by atoms with Gasteiger partial charge >= 0.3 is 0 Å². The van der Waals surface area contributed by atoms with E-state index in [4.69, 9.17) is 4.74 Å². The van der Waals surface area contributed by atoms with E-state index in [0.717, 1.165) is 25.5 Å². The quantitative estimate of drug-likeness (QED) is 0.818. The first kappa shape index (κ1) is 15.2. The van der Waals surface area contributed by atoms with Gasteiger partial charge in [0, 0.05) is 45.0 Å². The Morgan fingerprint density at radius 1 is 1.45 bits per heavy atom. The van der Waals surface area contributed by atoms with Crippen molar-refractivity contribution in [2.24, 2.45) is 11.3 Å². The SMILES string of the molecule is CN(C)C(=O)COC[C@@]12CCC[C@@H]1CN(c1ncccn1)C2. The van der Waals surface area contributed by atoms with Gasteiger partial charge in [0.1, 0.15) is 6.61 Å². The number of fused-ring (bicyclic) bond motifs is 1. The maximum absolute atomic E-state index is 11.7. The summed E-state index contributed by atoms with van der Waals surface area (Å²) < 4.78 is 5.77. The fraction of sp³-hybridized carbons (Fsp3) is 0.688. The molecule has 120 valence electrons. The van der Waals surface area contributed by atoms with E-state index in [0.29, 0.717) is 12.5 Å². The lowest BCUT2D eigenvalue weighted by atomic mass is 9.82. The van der Waals surface area contributed by atoms with Crippen LogP contribution in [0.5, 0.6) is 0 Å². The lowest BCUT2D eigenvalue weighted by Gasteiger charge is -2.28. The van der Waals surface area contributed by atoms with Gasteiger partial charge in [-0.2, -0.15) is 0 Å². The van der Waals surface area contributed by atoms with Crippen molar-refractivity contribution in [1.82, 2.24) is 14.9 Å². The Morgan fingerprint density at radius 2 is 2.23 bits per heavy atom. The van der Waals surface area contributed by atoms with Crippen LogP contribution in [0.1, 0.15) is 19.3 Å². The highest BCUT2D eigenvalue weighted by atomic mass is 16.5. The van der Waals surface area contributed by atoms with Crippen molar-refractivity contribution in [3.05, 3.63) is 18.5 Å². The smallest absolute Gasteiger partial charge is 0.248 e. The van der Waals surface area contributed by atoms with E-state index in [-0.39, 0.29) is 17.9 Å². The van der Waals surface area contributed by atoms with Crippen LogP contribution >= 0.6 is 0 Å². The van der Waals surface area contributed by atoms with Crippen LogP contribution in [0.4, 0.5) is 5.95 Å². The van der Waals surface area contributed by atoms with E-state index in [2.05, 4.69) is 14.9 Å². The zero-order chi connectivity index (χ0) is 15.6. The predicted octanol–water partition coefficient (Wildman–Crippen LogP) is 1.19. The highest BCUT2D eigenvalue weighted by Crippen LogP contribution is 2.49. The molecule has 0 N–H and O–H groups in total. The standard InChI is InChI=1S/C16H24N4O2/c1-19(2)14(21)10-22-12-16-6-3-5-13(16)9-20(11-16)15-17-7-4-8-18-15/h4,7-8,13H,3,5-6,9-12H2,1-2H3/t13-,16+/m1/s1. The van der Waals surface area contributed by atoms with Crippen molar-refractivity contribution in [3.8, 4) is 0 Å². The molecule has 6 nitrogen and oxygen atoms in total. The number of hydrogen-bond acceptors (Lipinski definition) is 5. The molecule has 6 heteroatoms. The first-order valence-electron chi connectivity index (χ1n) is 7.91. The molecule has 1 amide bonds. The molecule has 1 aliphatic heterocycles. The lowest BCUT2D eigenvalue weighted by Crippen LogP contribution is -2.35. The molecule has 0 aromatic carbocycles. The van der Waals surface area contributed by atoms with Crippen LogP contribution in [0, 0.1) is 11.3 Å². The van der Waals surface area contributed by atoms with Crippen molar-refractivity contribution >= 4 is 11.9 Å². The average Bonchev–Trinajstić information content (AvgIpc) is 3.05. The highest BCUT2D eigenvalue weighted by molar-refractivity contribution is 5.76. The van der Waals surface area contributed by atoms with Gasteiger partial charge in [0.05, 0.1) is 6.61 Å². The lowest BCUT2D eigenvalue weighted by molar-refractivity contribution is -0.134. The number of carbonyl (C=O) groups excluding carboxylic acids is 1. The second-order valence-electron chi connectivity index (χ2n) is 6.66. The predicted molar refractivity (Wildman–Crippen MR) is 83.5 cm³/mol. The minimum Gasteiger partial charge on any atom is -0.371 e. The summed E-state index contributed by atoms with van der Waals surface area (Å²) >= 11 is 0. The van der Waals surface area contributed by atoms with E-state index in [1.165, 1.54) is 12.8 Å². The highest BCUT2D eigenvalue weighted by Gasteiger charge is 2.50. The minimum absolute atomic E-state index is 0.0205. The van der Waals surface area contributed by atoms with Crippen LogP contribution in [0.15, 0.2) is 18.5 Å². The van der Waals surface area contributed by atoms with Gasteiger partial charge in [-0.05, 0) is 24.8 Å². The molecule has 1 aromatic rings. The molecule has 1 saturated heterocycles. The van der Waals surface area contributed by atoms with Crippen LogP contribution in [-0.2, 0) is 9.53 Å². The summed E-state index contributed by atoms with van der Waals surface area (Å²) in [7, 11) is 3.51. The van der Waals surface area contributed by atoms with Crippen LogP contribution < -0.4 is 4.90 Å². The molecule has 0 unspecified atom stereocenters. The molecule has 1 aliphatic carbocycles. The largest absolute Gasteiger partial charge is 0.371 e. The van der Waals surface area contributed by atoms with Crippen LogP contribution in [0.25, 0.3) is 0 Å². The van der Waals surface area contributed by atoms with Crippen molar-refractivity contribution in [2.45, 2.75) is 19.3 Å². The topological polar surface area (TPSA) is 58.6 Å². The molecule has 22 heavy (non-hydrogen) atoms. The molecule has 2 fully saturated rings. The zero-order valence-corrected chi connectivity index (χ0v) is 13.4.